The van der Waals surface area contributed by atoms with Gasteiger partial charge < -0.3 is 0 Å². The standard InChI is InChI=1S/C13H17Cl2NO2S/c1-9-3-4-16(8-9)19(17,18)13-6-12(15)5-11(7-14)10(13)2/h5-6,9H,3-4,7-8H2,1-2H3. The van der Waals surface area contributed by atoms with Gasteiger partial charge in [0.05, 0.1) is 4.90 Å². The monoisotopic (exact) mass is 321 g/mol. The van der Waals surface area contributed by atoms with E-state index in [0.29, 0.717) is 29.6 Å². The molecule has 0 amide bonds. The largest absolute Gasteiger partial charge is 0.243 e. The Kier molecular flexibility index (Phi) is 4.45. The maximum atomic E-state index is 12.6. The van der Waals surface area contributed by atoms with Crippen LogP contribution >= 0.6 is 23.2 Å². The second-order valence-electron chi connectivity index (χ2n) is 5.08. The Morgan fingerprint density at radius 2 is 2.11 bits per heavy atom. The third kappa shape index (κ3) is 2.92. The van der Waals surface area contributed by atoms with Gasteiger partial charge in [0.25, 0.3) is 0 Å². The van der Waals surface area contributed by atoms with Gasteiger partial charge in [-0.1, -0.05) is 18.5 Å². The number of hydrogen-bond acceptors (Lipinski definition) is 2. The molecule has 1 saturated heterocycles. The molecule has 2 rings (SSSR count). The second kappa shape index (κ2) is 5.60. The van der Waals surface area contributed by atoms with E-state index >= 15 is 0 Å². The van der Waals surface area contributed by atoms with E-state index in [9.17, 15) is 8.42 Å². The molecular weight excluding hydrogens is 305 g/mol. The Bertz CT molecular complexity index is 587. The molecule has 6 heteroatoms. The van der Waals surface area contributed by atoms with Crippen LogP contribution in [0.25, 0.3) is 0 Å². The van der Waals surface area contributed by atoms with E-state index in [1.807, 2.05) is 0 Å². The summed E-state index contributed by atoms with van der Waals surface area (Å²) in [5.41, 5.74) is 1.46. The fourth-order valence-electron chi connectivity index (χ4n) is 2.37. The highest BCUT2D eigenvalue weighted by molar-refractivity contribution is 7.89. The van der Waals surface area contributed by atoms with Crippen LogP contribution in [-0.4, -0.2) is 25.8 Å². The average molecular weight is 322 g/mol. The number of rotatable bonds is 3. The zero-order valence-electron chi connectivity index (χ0n) is 11.0. The van der Waals surface area contributed by atoms with Crippen molar-refractivity contribution in [1.29, 1.82) is 0 Å². The molecule has 0 bridgehead atoms. The molecule has 0 saturated carbocycles. The van der Waals surface area contributed by atoms with E-state index in [0.717, 1.165) is 12.0 Å². The van der Waals surface area contributed by atoms with E-state index in [2.05, 4.69) is 6.92 Å². The van der Waals surface area contributed by atoms with Crippen LogP contribution in [0.3, 0.4) is 0 Å². The third-order valence-corrected chi connectivity index (χ3v) is 6.08. The van der Waals surface area contributed by atoms with Crippen molar-refractivity contribution < 1.29 is 8.42 Å². The number of halogens is 2. The molecule has 0 aromatic heterocycles. The van der Waals surface area contributed by atoms with Gasteiger partial charge in [-0.15, -0.1) is 11.6 Å². The molecule has 106 valence electrons. The Balaban J connectivity index is 2.49. The van der Waals surface area contributed by atoms with Crippen molar-refractivity contribution in [3.05, 3.63) is 28.3 Å². The molecule has 0 spiro atoms. The zero-order valence-corrected chi connectivity index (χ0v) is 13.3. The number of sulfonamides is 1. The summed E-state index contributed by atoms with van der Waals surface area (Å²) in [7, 11) is -3.47. The van der Waals surface area contributed by atoms with Crippen molar-refractivity contribution in [2.75, 3.05) is 13.1 Å². The van der Waals surface area contributed by atoms with Crippen molar-refractivity contribution in [2.24, 2.45) is 5.92 Å². The van der Waals surface area contributed by atoms with Gasteiger partial charge in [-0.2, -0.15) is 4.31 Å². The number of benzene rings is 1. The first-order chi connectivity index (χ1) is 8.86. The first-order valence-electron chi connectivity index (χ1n) is 6.21. The summed E-state index contributed by atoms with van der Waals surface area (Å²) >= 11 is 11.8. The predicted octanol–water partition coefficient (Wildman–Crippen LogP) is 3.42. The molecule has 0 N–H and O–H groups in total. The van der Waals surface area contributed by atoms with Gasteiger partial charge in [-0.05, 0) is 42.5 Å². The molecule has 19 heavy (non-hydrogen) atoms. The van der Waals surface area contributed by atoms with Crippen LogP contribution < -0.4 is 0 Å². The molecule has 1 fully saturated rings. The van der Waals surface area contributed by atoms with Crippen LogP contribution in [0.4, 0.5) is 0 Å². The second-order valence-corrected chi connectivity index (χ2v) is 7.69. The van der Waals surface area contributed by atoms with Gasteiger partial charge in [-0.25, -0.2) is 8.42 Å². The molecule has 0 aliphatic carbocycles. The maximum absolute atomic E-state index is 12.6. The lowest BCUT2D eigenvalue weighted by atomic mass is 10.1. The van der Waals surface area contributed by atoms with Crippen molar-refractivity contribution in [1.82, 2.24) is 4.31 Å². The molecule has 1 aromatic rings. The normalized spacial score (nSPS) is 20.9. The van der Waals surface area contributed by atoms with Crippen LogP contribution in [0, 0.1) is 12.8 Å². The first-order valence-corrected chi connectivity index (χ1v) is 8.56. The molecular formula is C13H17Cl2NO2S. The minimum atomic E-state index is -3.47. The Labute approximate surface area is 124 Å². The Hall–Kier alpha value is -0.290. The van der Waals surface area contributed by atoms with E-state index < -0.39 is 10.0 Å². The summed E-state index contributed by atoms with van der Waals surface area (Å²) in [5.74, 6) is 0.660. The summed E-state index contributed by atoms with van der Waals surface area (Å²) in [6.45, 7) is 4.99. The molecule has 1 atom stereocenters. The highest BCUT2D eigenvalue weighted by Gasteiger charge is 2.32. The molecule has 1 aromatic carbocycles. The number of hydrogen-bond donors (Lipinski definition) is 0. The van der Waals surface area contributed by atoms with E-state index in [4.69, 9.17) is 23.2 Å². The quantitative estimate of drug-likeness (QED) is 0.800. The zero-order chi connectivity index (χ0) is 14.2. The minimum Gasteiger partial charge on any atom is -0.207 e. The van der Waals surface area contributed by atoms with Crippen molar-refractivity contribution in [2.45, 2.75) is 31.0 Å². The molecule has 3 nitrogen and oxygen atoms in total. The van der Waals surface area contributed by atoms with Crippen LogP contribution in [0.2, 0.25) is 5.02 Å². The van der Waals surface area contributed by atoms with Crippen LogP contribution in [-0.2, 0) is 15.9 Å². The van der Waals surface area contributed by atoms with Crippen LogP contribution in [0.1, 0.15) is 24.5 Å². The van der Waals surface area contributed by atoms with Crippen molar-refractivity contribution >= 4 is 33.2 Å². The maximum Gasteiger partial charge on any atom is 0.243 e. The van der Waals surface area contributed by atoms with E-state index in [1.54, 1.807) is 13.0 Å². The molecule has 1 aliphatic heterocycles. The van der Waals surface area contributed by atoms with Crippen LogP contribution in [0.5, 0.6) is 0 Å². The lowest BCUT2D eigenvalue weighted by Crippen LogP contribution is -2.29. The summed E-state index contributed by atoms with van der Waals surface area (Å²) < 4.78 is 26.8. The summed E-state index contributed by atoms with van der Waals surface area (Å²) in [4.78, 5) is 0.282. The minimum absolute atomic E-state index is 0.255. The van der Waals surface area contributed by atoms with E-state index in [-0.39, 0.29) is 10.8 Å². The van der Waals surface area contributed by atoms with Crippen molar-refractivity contribution in [3.8, 4) is 0 Å². The smallest absolute Gasteiger partial charge is 0.207 e. The number of nitrogens with zero attached hydrogens (tertiary/aromatic N) is 1. The summed E-state index contributed by atoms with van der Waals surface area (Å²) in [6.07, 6.45) is 0.904. The van der Waals surface area contributed by atoms with Gasteiger partial charge in [0, 0.05) is 24.0 Å². The van der Waals surface area contributed by atoms with Gasteiger partial charge in [0.2, 0.25) is 10.0 Å². The van der Waals surface area contributed by atoms with Gasteiger partial charge in [-0.3, -0.25) is 0 Å². The summed E-state index contributed by atoms with van der Waals surface area (Å²) in [5, 5.41) is 0.409. The molecule has 1 heterocycles. The molecule has 1 unspecified atom stereocenters. The SMILES string of the molecule is Cc1c(CCl)cc(Cl)cc1S(=O)(=O)N1CCC(C)C1. The predicted molar refractivity (Wildman–Crippen MR) is 78.3 cm³/mol. The van der Waals surface area contributed by atoms with E-state index in [1.165, 1.54) is 10.4 Å². The Morgan fingerprint density at radius 1 is 1.42 bits per heavy atom. The highest BCUT2D eigenvalue weighted by Crippen LogP contribution is 2.30. The summed E-state index contributed by atoms with van der Waals surface area (Å²) in [6, 6.07) is 3.24. The fraction of sp³-hybridized carbons (Fsp3) is 0.538. The topological polar surface area (TPSA) is 37.4 Å². The Morgan fingerprint density at radius 3 is 2.63 bits per heavy atom. The molecule has 1 aliphatic rings. The fourth-order valence-corrected chi connectivity index (χ4v) is 4.82. The number of alkyl halides is 1. The van der Waals surface area contributed by atoms with Crippen molar-refractivity contribution in [3.63, 3.8) is 0 Å². The average Bonchev–Trinajstić information content (AvgIpc) is 2.79. The lowest BCUT2D eigenvalue weighted by molar-refractivity contribution is 0.464. The third-order valence-electron chi connectivity index (χ3n) is 3.58. The van der Waals surface area contributed by atoms with Crippen LogP contribution in [0.15, 0.2) is 17.0 Å². The highest BCUT2D eigenvalue weighted by atomic mass is 35.5. The van der Waals surface area contributed by atoms with Gasteiger partial charge in [0.1, 0.15) is 0 Å². The first kappa shape index (κ1) is 15.1. The van der Waals surface area contributed by atoms with Gasteiger partial charge >= 0.3 is 0 Å². The van der Waals surface area contributed by atoms with Gasteiger partial charge in [0.15, 0.2) is 0 Å². The molecule has 0 radical (unpaired) electrons. The lowest BCUT2D eigenvalue weighted by Gasteiger charge is -2.19.